The number of hydrogen-bond donors (Lipinski definition) is 1. The SMILES string of the molecule is CC=CC(C)OC(=O)CC(C(=O)OCCCCCC)S(=O)(=O)O.[H-].[Na+]. The van der Waals surface area contributed by atoms with Crippen molar-refractivity contribution in [2.24, 2.45) is 0 Å². The van der Waals surface area contributed by atoms with Crippen molar-refractivity contribution in [2.45, 2.75) is 64.2 Å². The first-order valence-electron chi connectivity index (χ1n) is 7.67. The fourth-order valence-corrected chi connectivity index (χ4v) is 2.48. The molecule has 1 N–H and O–H groups in total. The van der Waals surface area contributed by atoms with Crippen molar-refractivity contribution in [3.8, 4) is 0 Å². The van der Waals surface area contributed by atoms with Crippen molar-refractivity contribution in [3.05, 3.63) is 12.2 Å². The average Bonchev–Trinajstić information content (AvgIpc) is 2.43. The van der Waals surface area contributed by atoms with Crippen LogP contribution in [-0.2, 0) is 29.2 Å². The van der Waals surface area contributed by atoms with E-state index in [1.165, 1.54) is 0 Å². The Morgan fingerprint density at radius 3 is 2.38 bits per heavy atom. The number of esters is 2. The van der Waals surface area contributed by atoms with Crippen LogP contribution in [0.5, 0.6) is 0 Å². The van der Waals surface area contributed by atoms with Crippen LogP contribution in [0.4, 0.5) is 0 Å². The van der Waals surface area contributed by atoms with Crippen molar-refractivity contribution in [1.29, 1.82) is 0 Å². The summed E-state index contributed by atoms with van der Waals surface area (Å²) in [4.78, 5) is 23.5. The number of carbonyl (C=O) groups is 2. The summed E-state index contributed by atoms with van der Waals surface area (Å²) in [5.74, 6) is -2.04. The number of allylic oxidation sites excluding steroid dienone is 1. The Kier molecular flexibility index (Phi) is 14.9. The molecule has 0 amide bonds. The molecule has 0 radical (unpaired) electrons. The van der Waals surface area contributed by atoms with Crippen LogP contribution < -0.4 is 29.6 Å². The van der Waals surface area contributed by atoms with Crippen molar-refractivity contribution >= 4 is 22.1 Å². The zero-order valence-corrected chi connectivity index (χ0v) is 17.7. The van der Waals surface area contributed by atoms with Gasteiger partial charge in [0, 0.05) is 0 Å². The van der Waals surface area contributed by atoms with Gasteiger partial charge in [-0.1, -0.05) is 32.3 Å². The topological polar surface area (TPSA) is 107 Å². The summed E-state index contributed by atoms with van der Waals surface area (Å²) in [7, 11) is -4.75. The fraction of sp³-hybridized carbons (Fsp3) is 0.733. The summed E-state index contributed by atoms with van der Waals surface area (Å²) in [6.07, 6.45) is 5.36. The summed E-state index contributed by atoms with van der Waals surface area (Å²) in [6.45, 7) is 5.41. The molecule has 7 nitrogen and oxygen atoms in total. The van der Waals surface area contributed by atoms with Gasteiger partial charge in [0.25, 0.3) is 10.1 Å². The molecular formula is C15H27NaO7S. The minimum Gasteiger partial charge on any atom is -1.00 e. The van der Waals surface area contributed by atoms with E-state index in [1.54, 1.807) is 26.0 Å². The molecule has 0 aromatic rings. The van der Waals surface area contributed by atoms with Crippen LogP contribution in [0.2, 0.25) is 0 Å². The van der Waals surface area contributed by atoms with Gasteiger partial charge in [-0.2, -0.15) is 8.42 Å². The van der Waals surface area contributed by atoms with Gasteiger partial charge in [-0.05, 0) is 26.3 Å². The van der Waals surface area contributed by atoms with Crippen molar-refractivity contribution in [1.82, 2.24) is 0 Å². The molecule has 9 heteroatoms. The van der Waals surface area contributed by atoms with Gasteiger partial charge in [0.05, 0.1) is 13.0 Å². The van der Waals surface area contributed by atoms with Crippen molar-refractivity contribution in [2.75, 3.05) is 6.61 Å². The monoisotopic (exact) mass is 374 g/mol. The van der Waals surface area contributed by atoms with E-state index in [2.05, 4.69) is 0 Å². The molecule has 0 saturated heterocycles. The van der Waals surface area contributed by atoms with Crippen LogP contribution >= 0.6 is 0 Å². The second-order valence-electron chi connectivity index (χ2n) is 5.16. The summed E-state index contributed by atoms with van der Waals surface area (Å²) in [6, 6.07) is 0. The molecule has 2 unspecified atom stereocenters. The molecular weight excluding hydrogens is 347 g/mol. The standard InChI is InChI=1S/C15H26O7S.Na.H/c1-4-6-7-8-10-21-15(17)13(23(18,19)20)11-14(16)22-12(3)9-5-2;;/h5,9,12-13H,4,6-8,10-11H2,1-3H3,(H,18,19,20);;/q;+1;-1. The normalized spacial score (nSPS) is 13.8. The van der Waals surface area contributed by atoms with E-state index >= 15 is 0 Å². The van der Waals surface area contributed by atoms with Gasteiger partial charge in [0.2, 0.25) is 0 Å². The average molecular weight is 374 g/mol. The van der Waals surface area contributed by atoms with E-state index in [4.69, 9.17) is 14.0 Å². The van der Waals surface area contributed by atoms with Crippen LogP contribution in [-0.4, -0.2) is 42.9 Å². The van der Waals surface area contributed by atoms with E-state index in [1.807, 2.05) is 6.92 Å². The Balaban J connectivity index is -0.00000242. The predicted molar refractivity (Wildman–Crippen MR) is 86.5 cm³/mol. The zero-order valence-electron chi connectivity index (χ0n) is 15.9. The second-order valence-corrected chi connectivity index (χ2v) is 6.76. The number of hydrogen-bond acceptors (Lipinski definition) is 6. The first-order valence-corrected chi connectivity index (χ1v) is 9.17. The van der Waals surface area contributed by atoms with E-state index in [0.29, 0.717) is 6.42 Å². The minimum atomic E-state index is -4.75. The first kappa shape index (κ1) is 25.8. The van der Waals surface area contributed by atoms with Gasteiger partial charge in [-0.25, -0.2) is 0 Å². The molecule has 136 valence electrons. The Hall–Kier alpha value is -0.410. The number of ether oxygens (including phenoxy) is 2. The van der Waals surface area contributed by atoms with E-state index in [9.17, 15) is 18.0 Å². The second kappa shape index (κ2) is 13.8. The minimum absolute atomic E-state index is 0. The third-order valence-electron chi connectivity index (χ3n) is 3.00. The summed E-state index contributed by atoms with van der Waals surface area (Å²) in [5.41, 5.74) is 0. The largest absolute Gasteiger partial charge is 1.00 e. The molecule has 24 heavy (non-hydrogen) atoms. The third-order valence-corrected chi connectivity index (χ3v) is 4.08. The molecule has 0 aliphatic rings. The molecule has 0 aromatic carbocycles. The summed E-state index contributed by atoms with van der Waals surface area (Å²) < 4.78 is 41.4. The van der Waals surface area contributed by atoms with Gasteiger partial charge in [-0.15, -0.1) is 0 Å². The Morgan fingerprint density at radius 2 is 1.88 bits per heavy atom. The third kappa shape index (κ3) is 12.0. The van der Waals surface area contributed by atoms with Crippen molar-refractivity contribution < 1.29 is 63.0 Å². The van der Waals surface area contributed by atoms with Crippen LogP contribution in [0.15, 0.2) is 12.2 Å². The maximum Gasteiger partial charge on any atom is 1.00 e. The number of carbonyl (C=O) groups excluding carboxylic acids is 2. The molecule has 2 atom stereocenters. The molecule has 0 saturated carbocycles. The number of unbranched alkanes of at least 4 members (excludes halogenated alkanes) is 3. The molecule has 0 heterocycles. The van der Waals surface area contributed by atoms with Gasteiger partial charge in [-0.3, -0.25) is 14.1 Å². The maximum absolute atomic E-state index is 11.8. The quantitative estimate of drug-likeness (QED) is 0.169. The van der Waals surface area contributed by atoms with Gasteiger partial charge >= 0.3 is 41.5 Å². The van der Waals surface area contributed by atoms with Crippen molar-refractivity contribution in [3.63, 3.8) is 0 Å². The molecule has 0 aliphatic heterocycles. The predicted octanol–water partition coefficient (Wildman–Crippen LogP) is -0.619. The smallest absolute Gasteiger partial charge is 1.00 e. The molecule has 0 fully saturated rings. The van der Waals surface area contributed by atoms with E-state index < -0.39 is 39.8 Å². The molecule has 0 spiro atoms. The van der Waals surface area contributed by atoms with Crippen LogP contribution in [0, 0.1) is 0 Å². The summed E-state index contributed by atoms with van der Waals surface area (Å²) in [5, 5.41) is -1.96. The first-order chi connectivity index (χ1) is 10.7. The molecule has 0 bridgehead atoms. The summed E-state index contributed by atoms with van der Waals surface area (Å²) >= 11 is 0. The Labute approximate surface area is 167 Å². The van der Waals surface area contributed by atoms with Gasteiger partial charge < -0.3 is 10.9 Å². The maximum atomic E-state index is 11.8. The Bertz CT molecular complexity index is 508. The van der Waals surface area contributed by atoms with Gasteiger partial charge in [0.15, 0.2) is 5.25 Å². The van der Waals surface area contributed by atoms with E-state index in [0.717, 1.165) is 19.3 Å². The fourth-order valence-electron chi connectivity index (χ4n) is 1.82. The molecule has 0 aliphatic carbocycles. The van der Waals surface area contributed by atoms with E-state index in [-0.39, 0.29) is 37.6 Å². The van der Waals surface area contributed by atoms with Gasteiger partial charge in [0.1, 0.15) is 6.10 Å². The Morgan fingerprint density at radius 1 is 1.25 bits per heavy atom. The van der Waals surface area contributed by atoms with Crippen LogP contribution in [0.1, 0.15) is 54.3 Å². The van der Waals surface area contributed by atoms with Crippen LogP contribution in [0.25, 0.3) is 0 Å². The molecule has 0 aromatic heterocycles. The molecule has 0 rings (SSSR count). The zero-order chi connectivity index (χ0) is 17.9. The number of rotatable bonds is 11. The van der Waals surface area contributed by atoms with Crippen LogP contribution in [0.3, 0.4) is 0 Å².